The average molecular weight is 384 g/mol. The van der Waals surface area contributed by atoms with E-state index in [1.54, 1.807) is 11.3 Å². The zero-order valence-electron chi connectivity index (χ0n) is 15.5. The lowest BCUT2D eigenvalue weighted by Gasteiger charge is -2.34. The number of para-hydroxylation sites is 1. The van der Waals surface area contributed by atoms with Crippen molar-refractivity contribution in [3.63, 3.8) is 0 Å². The van der Waals surface area contributed by atoms with Crippen molar-refractivity contribution < 1.29 is 0 Å². The minimum atomic E-state index is 0.493. The highest BCUT2D eigenvalue weighted by molar-refractivity contribution is 7.22. The Hall–Kier alpha value is -2.06. The number of anilines is 1. The smallest absolute Gasteiger partial charge is 0.186 e. The van der Waals surface area contributed by atoms with Crippen LogP contribution in [-0.2, 0) is 6.54 Å². The normalized spacial score (nSPS) is 19.8. The van der Waals surface area contributed by atoms with Crippen LogP contribution < -0.4 is 4.90 Å². The standard InChI is InChI=1S/C19H25N7S/c1-2-6-15(7-3-1)26-18(21-22-23-26)14-24-10-12-25(13-11-24)19-20-16-8-4-5-9-17(16)27-19/h4-5,8-9,15H,1-3,6-7,10-14H2. The maximum atomic E-state index is 4.80. The number of hydrogen-bond acceptors (Lipinski definition) is 7. The van der Waals surface area contributed by atoms with E-state index >= 15 is 0 Å². The SMILES string of the molecule is c1ccc2sc(N3CCN(Cc4nnnn4C4CCCCC4)CC3)nc2c1. The maximum Gasteiger partial charge on any atom is 0.186 e. The van der Waals surface area contributed by atoms with E-state index in [4.69, 9.17) is 4.98 Å². The lowest BCUT2D eigenvalue weighted by molar-refractivity contribution is 0.229. The molecule has 0 unspecified atom stereocenters. The molecule has 27 heavy (non-hydrogen) atoms. The van der Waals surface area contributed by atoms with Crippen molar-refractivity contribution in [2.24, 2.45) is 0 Å². The molecule has 1 aromatic carbocycles. The Balaban J connectivity index is 1.22. The van der Waals surface area contributed by atoms with Crippen LogP contribution in [0.3, 0.4) is 0 Å². The second-order valence-corrected chi connectivity index (χ2v) is 8.57. The van der Waals surface area contributed by atoms with E-state index in [0.717, 1.165) is 49.2 Å². The number of fused-ring (bicyclic) bond motifs is 1. The Kier molecular flexibility index (Phi) is 4.75. The van der Waals surface area contributed by atoms with Crippen LogP contribution in [0.25, 0.3) is 10.2 Å². The molecular weight excluding hydrogens is 358 g/mol. The van der Waals surface area contributed by atoms with Gasteiger partial charge < -0.3 is 4.90 Å². The molecule has 0 N–H and O–H groups in total. The molecule has 0 spiro atoms. The fourth-order valence-electron chi connectivity index (χ4n) is 4.22. The van der Waals surface area contributed by atoms with Crippen LogP contribution in [0.5, 0.6) is 0 Å². The first kappa shape index (κ1) is 17.1. The summed E-state index contributed by atoms with van der Waals surface area (Å²) in [6, 6.07) is 8.88. The highest BCUT2D eigenvalue weighted by Crippen LogP contribution is 2.30. The molecular formula is C19H25N7S. The molecule has 7 nitrogen and oxygen atoms in total. The van der Waals surface area contributed by atoms with Gasteiger partial charge in [0, 0.05) is 26.2 Å². The highest BCUT2D eigenvalue weighted by Gasteiger charge is 2.24. The summed E-state index contributed by atoms with van der Waals surface area (Å²) in [4.78, 5) is 9.68. The fraction of sp³-hybridized carbons (Fsp3) is 0.579. The molecule has 8 heteroatoms. The topological polar surface area (TPSA) is 63.0 Å². The zero-order chi connectivity index (χ0) is 18.1. The minimum absolute atomic E-state index is 0.493. The molecule has 2 aliphatic rings. The summed E-state index contributed by atoms with van der Waals surface area (Å²) in [5, 5.41) is 13.7. The van der Waals surface area contributed by atoms with Crippen LogP contribution >= 0.6 is 11.3 Å². The second kappa shape index (κ2) is 7.52. The van der Waals surface area contributed by atoms with Gasteiger partial charge in [0.15, 0.2) is 11.0 Å². The molecule has 2 fully saturated rings. The third-order valence-corrected chi connectivity index (χ3v) is 6.87. The monoisotopic (exact) mass is 383 g/mol. The molecule has 2 aromatic heterocycles. The summed E-state index contributed by atoms with van der Waals surface area (Å²) in [5.41, 5.74) is 1.10. The van der Waals surface area contributed by atoms with Gasteiger partial charge in [0.2, 0.25) is 0 Å². The van der Waals surface area contributed by atoms with Crippen molar-refractivity contribution in [3.8, 4) is 0 Å². The number of rotatable bonds is 4. The van der Waals surface area contributed by atoms with E-state index in [0.29, 0.717) is 6.04 Å². The molecule has 0 radical (unpaired) electrons. The van der Waals surface area contributed by atoms with Gasteiger partial charge in [-0.3, -0.25) is 4.90 Å². The molecule has 5 rings (SSSR count). The number of aromatic nitrogens is 5. The number of benzene rings is 1. The van der Waals surface area contributed by atoms with Gasteiger partial charge in [-0.1, -0.05) is 42.7 Å². The van der Waals surface area contributed by atoms with Crippen LogP contribution in [0.2, 0.25) is 0 Å². The van der Waals surface area contributed by atoms with Gasteiger partial charge in [-0.2, -0.15) is 0 Å². The first-order valence-corrected chi connectivity index (χ1v) is 10.8. The molecule has 0 amide bonds. The number of hydrogen-bond donors (Lipinski definition) is 0. The quantitative estimate of drug-likeness (QED) is 0.690. The maximum absolute atomic E-state index is 4.80. The van der Waals surface area contributed by atoms with Crippen molar-refractivity contribution in [1.29, 1.82) is 0 Å². The van der Waals surface area contributed by atoms with Crippen molar-refractivity contribution in [3.05, 3.63) is 30.1 Å². The molecule has 142 valence electrons. The molecule has 1 saturated heterocycles. The Morgan fingerprint density at radius 2 is 1.81 bits per heavy atom. The van der Waals surface area contributed by atoms with Gasteiger partial charge in [-0.05, 0) is 35.4 Å². The predicted octanol–water partition coefficient (Wildman–Crippen LogP) is 3.11. The largest absolute Gasteiger partial charge is 0.345 e. The second-order valence-electron chi connectivity index (χ2n) is 7.56. The van der Waals surface area contributed by atoms with E-state index in [1.807, 2.05) is 0 Å². The fourth-order valence-corrected chi connectivity index (χ4v) is 5.24. The summed E-state index contributed by atoms with van der Waals surface area (Å²) in [5.74, 6) is 1.02. The molecule has 3 heterocycles. The van der Waals surface area contributed by atoms with Crippen LogP contribution in [0.1, 0.15) is 44.0 Å². The Bertz CT molecular complexity index is 857. The Morgan fingerprint density at radius 1 is 1.00 bits per heavy atom. The van der Waals surface area contributed by atoms with E-state index in [9.17, 15) is 0 Å². The van der Waals surface area contributed by atoms with Crippen LogP contribution in [0, 0.1) is 0 Å². The lowest BCUT2D eigenvalue weighted by Crippen LogP contribution is -2.46. The van der Waals surface area contributed by atoms with E-state index in [-0.39, 0.29) is 0 Å². The van der Waals surface area contributed by atoms with Crippen LogP contribution in [0.15, 0.2) is 24.3 Å². The number of tetrazole rings is 1. The van der Waals surface area contributed by atoms with E-state index in [1.165, 1.54) is 36.8 Å². The summed E-state index contributed by atoms with van der Waals surface area (Å²) in [7, 11) is 0. The average Bonchev–Trinajstić information content (AvgIpc) is 3.36. The first-order valence-electron chi connectivity index (χ1n) is 9.96. The summed E-state index contributed by atoms with van der Waals surface area (Å²) in [6.07, 6.45) is 6.37. The molecule has 1 aliphatic carbocycles. The third-order valence-electron chi connectivity index (χ3n) is 5.77. The van der Waals surface area contributed by atoms with Gasteiger partial charge in [-0.15, -0.1) is 5.10 Å². The molecule has 0 atom stereocenters. The number of nitrogens with zero attached hydrogens (tertiary/aromatic N) is 7. The summed E-state index contributed by atoms with van der Waals surface area (Å²) in [6.45, 7) is 4.90. The first-order chi connectivity index (χ1) is 13.4. The Morgan fingerprint density at radius 3 is 2.63 bits per heavy atom. The summed E-state index contributed by atoms with van der Waals surface area (Å²) >= 11 is 1.79. The minimum Gasteiger partial charge on any atom is -0.345 e. The van der Waals surface area contributed by atoms with Gasteiger partial charge in [0.1, 0.15) is 0 Å². The van der Waals surface area contributed by atoms with Gasteiger partial charge in [0.05, 0.1) is 22.8 Å². The van der Waals surface area contributed by atoms with Crippen molar-refractivity contribution in [2.75, 3.05) is 31.1 Å². The molecule has 0 bridgehead atoms. The van der Waals surface area contributed by atoms with Crippen LogP contribution in [0.4, 0.5) is 5.13 Å². The van der Waals surface area contributed by atoms with Crippen molar-refractivity contribution in [1.82, 2.24) is 30.1 Å². The van der Waals surface area contributed by atoms with Crippen LogP contribution in [-0.4, -0.2) is 56.3 Å². The zero-order valence-corrected chi connectivity index (χ0v) is 16.3. The Labute approximate surface area is 163 Å². The lowest BCUT2D eigenvalue weighted by atomic mass is 9.95. The van der Waals surface area contributed by atoms with E-state index < -0.39 is 0 Å². The highest BCUT2D eigenvalue weighted by atomic mass is 32.1. The van der Waals surface area contributed by atoms with Crippen molar-refractivity contribution in [2.45, 2.75) is 44.7 Å². The van der Waals surface area contributed by atoms with E-state index in [2.05, 4.69) is 54.3 Å². The molecule has 3 aromatic rings. The number of piperazine rings is 1. The van der Waals surface area contributed by atoms with Gasteiger partial charge >= 0.3 is 0 Å². The van der Waals surface area contributed by atoms with Gasteiger partial charge in [0.25, 0.3) is 0 Å². The molecule has 1 saturated carbocycles. The molecule has 1 aliphatic heterocycles. The third kappa shape index (κ3) is 3.55. The number of thiazole rings is 1. The van der Waals surface area contributed by atoms with Gasteiger partial charge in [-0.25, -0.2) is 9.67 Å². The van der Waals surface area contributed by atoms with Crippen molar-refractivity contribution >= 4 is 26.7 Å². The summed E-state index contributed by atoms with van der Waals surface area (Å²) < 4.78 is 3.36. The predicted molar refractivity (Wildman–Crippen MR) is 107 cm³/mol.